The van der Waals surface area contributed by atoms with Crippen molar-refractivity contribution in [1.82, 2.24) is 0 Å². The molecule has 0 radical (unpaired) electrons. The minimum absolute atomic E-state index is 0.0111. The van der Waals surface area contributed by atoms with Crippen molar-refractivity contribution in [1.29, 1.82) is 0 Å². The van der Waals surface area contributed by atoms with Crippen LogP contribution in [0.2, 0.25) is 50.2 Å². The molecule has 5 aromatic rings. The molecule has 5 rings (SSSR count). The molecule has 0 aliphatic carbocycles. The molecular formula is C34H22Cl10N2O6. The lowest BCUT2D eigenvalue weighted by atomic mass is 10.1. The third-order valence-electron chi connectivity index (χ3n) is 6.52. The van der Waals surface area contributed by atoms with Gasteiger partial charge in [-0.1, -0.05) is 151 Å². The van der Waals surface area contributed by atoms with E-state index in [-0.39, 0.29) is 84.2 Å². The molecule has 0 fully saturated rings. The zero-order valence-corrected chi connectivity index (χ0v) is 33.7. The number of aromatic hydroxyl groups is 4. The molecule has 0 bridgehead atoms. The monoisotopic (exact) mass is 904 g/mol. The number of nitrogens with one attached hydrogen (secondary N) is 2. The van der Waals surface area contributed by atoms with E-state index in [1.807, 2.05) is 0 Å². The van der Waals surface area contributed by atoms with Crippen LogP contribution in [-0.2, 0) is 0 Å². The van der Waals surface area contributed by atoms with Crippen LogP contribution in [-0.4, -0.2) is 32.2 Å². The smallest absolute Gasteiger partial charge is 0.261 e. The van der Waals surface area contributed by atoms with Crippen LogP contribution < -0.4 is 10.6 Å². The van der Waals surface area contributed by atoms with Crippen molar-refractivity contribution in [2.75, 3.05) is 10.6 Å². The number of rotatable bonds is 4. The summed E-state index contributed by atoms with van der Waals surface area (Å²) in [6, 6.07) is 16.0. The maximum atomic E-state index is 12.3. The third kappa shape index (κ3) is 11.1. The van der Waals surface area contributed by atoms with Gasteiger partial charge in [0.05, 0.1) is 51.6 Å². The van der Waals surface area contributed by atoms with E-state index in [1.165, 1.54) is 47.5 Å². The van der Waals surface area contributed by atoms with E-state index in [0.29, 0.717) is 0 Å². The zero-order valence-electron chi connectivity index (χ0n) is 26.2. The summed E-state index contributed by atoms with van der Waals surface area (Å²) >= 11 is 58.1. The lowest BCUT2D eigenvalue weighted by Crippen LogP contribution is -2.13. The minimum Gasteiger partial charge on any atom is -0.505 e. The van der Waals surface area contributed by atoms with E-state index in [4.69, 9.17) is 116 Å². The molecule has 0 unspecified atom stereocenters. The van der Waals surface area contributed by atoms with Crippen molar-refractivity contribution in [3.63, 3.8) is 0 Å². The first-order valence-electron chi connectivity index (χ1n) is 14.0. The topological polar surface area (TPSA) is 139 Å². The Bertz CT molecular complexity index is 1960. The molecule has 52 heavy (non-hydrogen) atoms. The Balaban J connectivity index is 0.000000232. The summed E-state index contributed by atoms with van der Waals surface area (Å²) in [5.74, 6) is -3.55. The van der Waals surface area contributed by atoms with E-state index in [2.05, 4.69) is 48.7 Å². The second kappa shape index (κ2) is 18.9. The highest BCUT2D eigenvalue weighted by Gasteiger charge is 2.24. The number of phenols is 4. The summed E-state index contributed by atoms with van der Waals surface area (Å²) in [4.78, 5) is 24.5. The van der Waals surface area contributed by atoms with Gasteiger partial charge in [0.2, 0.25) is 0 Å². The Morgan fingerprint density at radius 3 is 1.04 bits per heavy atom. The number of aryl methyl sites for hydroxylation is 2. The average molecular weight is 909 g/mol. The number of hydrogen-bond donors (Lipinski definition) is 6. The highest BCUT2D eigenvalue weighted by atomic mass is 35.5. The van der Waals surface area contributed by atoms with Crippen LogP contribution in [0.1, 0.15) is 31.8 Å². The van der Waals surface area contributed by atoms with Gasteiger partial charge in [0, 0.05) is 10.0 Å². The Morgan fingerprint density at radius 2 is 0.731 bits per heavy atom. The molecule has 8 nitrogen and oxygen atoms in total. The highest BCUT2D eigenvalue weighted by molar-refractivity contribution is 6.47. The molecule has 6 N–H and O–H groups in total. The van der Waals surface area contributed by atoms with Crippen molar-refractivity contribution in [2.45, 2.75) is 13.8 Å². The fourth-order valence-corrected chi connectivity index (χ4v) is 6.29. The van der Waals surface area contributed by atoms with Crippen molar-refractivity contribution in [2.24, 2.45) is 0 Å². The van der Waals surface area contributed by atoms with Crippen molar-refractivity contribution >= 4 is 139 Å². The number of benzene rings is 5. The lowest BCUT2D eigenvalue weighted by molar-refractivity contribution is 0.101. The van der Waals surface area contributed by atoms with Crippen LogP contribution in [0.25, 0.3) is 0 Å². The Labute approximate surface area is 347 Å². The first-order chi connectivity index (χ1) is 24.2. The first-order valence-corrected chi connectivity index (χ1v) is 17.8. The van der Waals surface area contributed by atoms with E-state index < -0.39 is 23.3 Å². The van der Waals surface area contributed by atoms with Crippen LogP contribution >= 0.6 is 116 Å². The quantitative estimate of drug-likeness (QED) is 0.0784. The summed E-state index contributed by atoms with van der Waals surface area (Å²) in [6.07, 6.45) is 0. The number of carbonyl (C=O) groups excluding carboxylic acids is 2. The predicted molar refractivity (Wildman–Crippen MR) is 214 cm³/mol. The van der Waals surface area contributed by atoms with Gasteiger partial charge in [-0.05, 0) is 50.2 Å². The van der Waals surface area contributed by atoms with E-state index in [0.717, 1.165) is 0 Å². The van der Waals surface area contributed by atoms with Gasteiger partial charge in [0.25, 0.3) is 11.8 Å². The SMILES string of the molecule is Cc1ccc(C)cc1.O=C(Nc1cc(Cl)cc(Cl)c1O)c1c(O)c(Cl)cc(Cl)c1Cl.O=C(Nc1cc(Cl)cc(Cl)c1O)c1c(O)c(Cl)cc(Cl)c1Cl. The first kappa shape index (κ1) is 43.5. The van der Waals surface area contributed by atoms with Crippen molar-refractivity contribution < 1.29 is 30.0 Å². The molecule has 274 valence electrons. The van der Waals surface area contributed by atoms with Crippen LogP contribution in [0.3, 0.4) is 0 Å². The number of hydrogen-bond acceptors (Lipinski definition) is 6. The van der Waals surface area contributed by atoms with Gasteiger partial charge in [0.15, 0.2) is 11.5 Å². The van der Waals surface area contributed by atoms with Gasteiger partial charge in [-0.3, -0.25) is 9.59 Å². The molecule has 0 spiro atoms. The average Bonchev–Trinajstić information content (AvgIpc) is 3.06. The molecule has 2 amide bonds. The maximum Gasteiger partial charge on any atom is 0.261 e. The van der Waals surface area contributed by atoms with E-state index in [1.54, 1.807) is 0 Å². The van der Waals surface area contributed by atoms with Gasteiger partial charge >= 0.3 is 0 Å². The summed E-state index contributed by atoms with van der Waals surface area (Å²) < 4.78 is 0. The summed E-state index contributed by atoms with van der Waals surface area (Å²) in [7, 11) is 0. The molecule has 0 heterocycles. The van der Waals surface area contributed by atoms with Crippen LogP contribution in [0.15, 0.2) is 60.7 Å². The molecule has 0 aromatic heterocycles. The van der Waals surface area contributed by atoms with E-state index >= 15 is 0 Å². The second-order valence-corrected chi connectivity index (χ2v) is 14.5. The summed E-state index contributed by atoms with van der Waals surface area (Å²) in [5, 5.41) is 43.6. The molecule has 5 aromatic carbocycles. The fraction of sp³-hybridized carbons (Fsp3) is 0.0588. The summed E-state index contributed by atoms with van der Waals surface area (Å²) in [5.41, 5.74) is 1.86. The second-order valence-electron chi connectivity index (χ2n) is 10.4. The lowest BCUT2D eigenvalue weighted by Gasteiger charge is -2.12. The Kier molecular flexibility index (Phi) is 15.9. The molecule has 0 saturated carbocycles. The number of amides is 2. The molecule has 0 aliphatic rings. The fourth-order valence-electron chi connectivity index (χ4n) is 3.92. The molecule has 18 heteroatoms. The van der Waals surface area contributed by atoms with Gasteiger partial charge in [-0.2, -0.15) is 0 Å². The maximum absolute atomic E-state index is 12.3. The number of halogens is 10. The molecule has 0 atom stereocenters. The largest absolute Gasteiger partial charge is 0.505 e. The molecule has 0 aliphatic heterocycles. The van der Waals surface area contributed by atoms with Crippen LogP contribution in [0.5, 0.6) is 23.0 Å². The minimum atomic E-state index is -0.847. The Morgan fingerprint density at radius 1 is 0.442 bits per heavy atom. The van der Waals surface area contributed by atoms with Crippen LogP contribution in [0, 0.1) is 13.8 Å². The molecule has 0 saturated heterocycles. The van der Waals surface area contributed by atoms with E-state index in [9.17, 15) is 30.0 Å². The van der Waals surface area contributed by atoms with Crippen LogP contribution in [0.4, 0.5) is 11.4 Å². The number of phenolic OH excluding ortho intramolecular Hbond substituents is 4. The van der Waals surface area contributed by atoms with Crippen molar-refractivity contribution in [3.05, 3.63) is 133 Å². The zero-order chi connectivity index (χ0) is 39.2. The third-order valence-corrected chi connectivity index (χ3v) is 9.68. The number of anilines is 2. The molecular weight excluding hydrogens is 887 g/mol. The standard InChI is InChI=1S/2C13H6Cl5NO3.C8H10/c2*14-4-1-6(16)11(20)8(2-4)19-13(22)9-10(18)5(15)3-7(17)12(9)21;1-7-3-5-8(2)6-4-7/h2*1-3,20-21H,(H,19,22);3-6H,1-2H3. The predicted octanol–water partition coefficient (Wildman–Crippen LogP) is 13.5. The number of carbonyl (C=O) groups is 2. The van der Waals surface area contributed by atoms with Gasteiger partial charge in [0.1, 0.15) is 22.6 Å². The van der Waals surface area contributed by atoms with Crippen molar-refractivity contribution in [3.8, 4) is 23.0 Å². The summed E-state index contributed by atoms with van der Waals surface area (Å²) in [6.45, 7) is 4.19. The van der Waals surface area contributed by atoms with Gasteiger partial charge in [-0.25, -0.2) is 0 Å². The van der Waals surface area contributed by atoms with Gasteiger partial charge in [-0.15, -0.1) is 0 Å². The Hall–Kier alpha value is -2.86. The van der Waals surface area contributed by atoms with Gasteiger partial charge < -0.3 is 31.1 Å². The normalized spacial score (nSPS) is 10.4. The highest BCUT2D eigenvalue weighted by Crippen LogP contribution is 2.42.